The Hall–Kier alpha value is -2.55. The molecule has 0 aliphatic carbocycles. The Morgan fingerprint density at radius 1 is 0.952 bits per heavy atom. The summed E-state index contributed by atoms with van der Waals surface area (Å²) in [5.41, 5.74) is 3.31. The Labute approximate surface area is 122 Å². The van der Waals surface area contributed by atoms with E-state index in [0.717, 1.165) is 39.1 Å². The van der Waals surface area contributed by atoms with Crippen molar-refractivity contribution < 1.29 is 9.47 Å². The minimum absolute atomic E-state index is 0.751. The summed E-state index contributed by atoms with van der Waals surface area (Å²) in [5.74, 6) is 1.53. The standard InChI is InChI=1S/C18H15NO2/c1-10-12-5-4-6-13-16-11(9-14(19-10)17(12)13)7-8-15(20-2)18(16)21-3/h4-9H,1-3H3. The Balaban J connectivity index is 2.26. The van der Waals surface area contributed by atoms with Crippen LogP contribution in [0.4, 0.5) is 5.69 Å². The van der Waals surface area contributed by atoms with Gasteiger partial charge in [-0.1, -0.05) is 24.3 Å². The molecule has 0 fully saturated rings. The average Bonchev–Trinajstić information content (AvgIpc) is 2.84. The monoisotopic (exact) mass is 277 g/mol. The van der Waals surface area contributed by atoms with Gasteiger partial charge in [0.15, 0.2) is 11.5 Å². The van der Waals surface area contributed by atoms with Crippen LogP contribution in [-0.4, -0.2) is 19.9 Å². The number of aliphatic imine (C=N–C) groups is 1. The SMILES string of the molecule is COc1ccc2cc3c4c(cccc4c2c1OC)C(C)=N3. The molecular formula is C18H15NO2. The highest BCUT2D eigenvalue weighted by Crippen LogP contribution is 2.45. The molecule has 3 aromatic carbocycles. The van der Waals surface area contributed by atoms with E-state index in [1.54, 1.807) is 14.2 Å². The van der Waals surface area contributed by atoms with Crippen LogP contribution in [0, 0.1) is 0 Å². The van der Waals surface area contributed by atoms with Crippen molar-refractivity contribution in [2.45, 2.75) is 6.92 Å². The van der Waals surface area contributed by atoms with E-state index in [9.17, 15) is 0 Å². The van der Waals surface area contributed by atoms with E-state index >= 15 is 0 Å². The van der Waals surface area contributed by atoms with Crippen LogP contribution in [0.25, 0.3) is 21.5 Å². The van der Waals surface area contributed by atoms with E-state index in [1.807, 2.05) is 6.07 Å². The molecule has 4 rings (SSSR count). The molecule has 0 saturated heterocycles. The Kier molecular flexibility index (Phi) is 2.45. The highest BCUT2D eigenvalue weighted by atomic mass is 16.5. The lowest BCUT2D eigenvalue weighted by Crippen LogP contribution is -1.93. The summed E-state index contributed by atoms with van der Waals surface area (Å²) >= 11 is 0. The molecule has 21 heavy (non-hydrogen) atoms. The summed E-state index contributed by atoms with van der Waals surface area (Å²) in [7, 11) is 3.35. The maximum atomic E-state index is 5.62. The molecule has 0 N–H and O–H groups in total. The van der Waals surface area contributed by atoms with E-state index in [2.05, 4.69) is 42.2 Å². The fourth-order valence-corrected chi connectivity index (χ4v) is 3.23. The van der Waals surface area contributed by atoms with Crippen LogP contribution >= 0.6 is 0 Å². The zero-order valence-electron chi connectivity index (χ0n) is 12.2. The minimum Gasteiger partial charge on any atom is -0.493 e. The molecule has 104 valence electrons. The van der Waals surface area contributed by atoms with Gasteiger partial charge in [-0.3, -0.25) is 4.99 Å². The number of nitrogens with zero attached hydrogens (tertiary/aromatic N) is 1. The number of fused-ring (bicyclic) bond motifs is 2. The van der Waals surface area contributed by atoms with E-state index < -0.39 is 0 Å². The lowest BCUT2D eigenvalue weighted by Gasteiger charge is -2.13. The van der Waals surface area contributed by atoms with Crippen LogP contribution in [0.15, 0.2) is 41.4 Å². The Morgan fingerprint density at radius 3 is 2.57 bits per heavy atom. The van der Waals surface area contributed by atoms with Gasteiger partial charge in [0, 0.05) is 22.0 Å². The van der Waals surface area contributed by atoms with Gasteiger partial charge in [0.1, 0.15) is 0 Å². The number of rotatable bonds is 2. The predicted octanol–water partition coefficient (Wildman–Crippen LogP) is 4.46. The van der Waals surface area contributed by atoms with Gasteiger partial charge >= 0.3 is 0 Å². The maximum absolute atomic E-state index is 5.62. The topological polar surface area (TPSA) is 30.8 Å². The number of hydrogen-bond donors (Lipinski definition) is 0. The van der Waals surface area contributed by atoms with Gasteiger partial charge in [0.05, 0.1) is 19.9 Å². The van der Waals surface area contributed by atoms with E-state index in [0.29, 0.717) is 0 Å². The largest absolute Gasteiger partial charge is 0.493 e. The minimum atomic E-state index is 0.751. The third kappa shape index (κ3) is 1.51. The molecule has 0 atom stereocenters. The first-order chi connectivity index (χ1) is 10.2. The van der Waals surface area contributed by atoms with Crippen LogP contribution in [0.2, 0.25) is 0 Å². The van der Waals surface area contributed by atoms with E-state index in [-0.39, 0.29) is 0 Å². The summed E-state index contributed by atoms with van der Waals surface area (Å²) in [4.78, 5) is 4.69. The smallest absolute Gasteiger partial charge is 0.169 e. The zero-order chi connectivity index (χ0) is 14.6. The lowest BCUT2D eigenvalue weighted by atomic mass is 9.96. The van der Waals surface area contributed by atoms with Crippen LogP contribution in [0.1, 0.15) is 12.5 Å². The maximum Gasteiger partial charge on any atom is 0.169 e. The summed E-state index contributed by atoms with van der Waals surface area (Å²) < 4.78 is 11.1. The van der Waals surface area contributed by atoms with Crippen LogP contribution in [0.5, 0.6) is 11.5 Å². The molecule has 3 heteroatoms. The zero-order valence-corrected chi connectivity index (χ0v) is 12.2. The third-order valence-electron chi connectivity index (χ3n) is 4.14. The molecule has 0 saturated carbocycles. The van der Waals surface area contributed by atoms with Crippen molar-refractivity contribution in [1.29, 1.82) is 0 Å². The normalized spacial score (nSPS) is 12.8. The molecule has 1 heterocycles. The highest BCUT2D eigenvalue weighted by Gasteiger charge is 2.20. The summed E-state index contributed by atoms with van der Waals surface area (Å²) in [6.45, 7) is 2.05. The molecule has 0 aromatic heterocycles. The number of benzene rings is 3. The van der Waals surface area contributed by atoms with Crippen molar-refractivity contribution >= 4 is 32.9 Å². The van der Waals surface area contributed by atoms with Gasteiger partial charge in [-0.15, -0.1) is 0 Å². The molecule has 1 aliphatic heterocycles. The first-order valence-corrected chi connectivity index (χ1v) is 6.90. The second-order valence-electron chi connectivity index (χ2n) is 5.22. The summed E-state index contributed by atoms with van der Waals surface area (Å²) in [6, 6.07) is 12.4. The van der Waals surface area contributed by atoms with Gasteiger partial charge < -0.3 is 9.47 Å². The molecule has 0 spiro atoms. The van der Waals surface area contributed by atoms with Gasteiger partial charge in [0.25, 0.3) is 0 Å². The van der Waals surface area contributed by atoms with Crippen LogP contribution < -0.4 is 9.47 Å². The van der Waals surface area contributed by atoms with Crippen LogP contribution in [0.3, 0.4) is 0 Å². The molecule has 3 aromatic rings. The lowest BCUT2D eigenvalue weighted by molar-refractivity contribution is 0.359. The van der Waals surface area contributed by atoms with Gasteiger partial charge in [0.2, 0.25) is 0 Å². The first-order valence-electron chi connectivity index (χ1n) is 6.90. The molecule has 3 nitrogen and oxygen atoms in total. The van der Waals surface area contributed by atoms with Crippen molar-refractivity contribution in [1.82, 2.24) is 0 Å². The number of hydrogen-bond acceptors (Lipinski definition) is 3. The molecule has 0 unspecified atom stereocenters. The first kappa shape index (κ1) is 12.2. The van der Waals surface area contributed by atoms with Gasteiger partial charge in [-0.2, -0.15) is 0 Å². The van der Waals surface area contributed by atoms with Crippen molar-refractivity contribution in [3.05, 3.63) is 42.0 Å². The second kappa shape index (κ2) is 4.22. The molecule has 0 amide bonds. The molecule has 1 aliphatic rings. The van der Waals surface area contributed by atoms with E-state index in [4.69, 9.17) is 9.47 Å². The number of ether oxygens (including phenoxy) is 2. The van der Waals surface area contributed by atoms with E-state index in [1.165, 1.54) is 10.9 Å². The molecule has 0 bridgehead atoms. The average molecular weight is 277 g/mol. The Bertz CT molecular complexity index is 926. The Morgan fingerprint density at radius 2 is 1.81 bits per heavy atom. The molecular weight excluding hydrogens is 262 g/mol. The van der Waals surface area contributed by atoms with Crippen molar-refractivity contribution in [2.75, 3.05) is 14.2 Å². The number of methoxy groups -OCH3 is 2. The predicted molar refractivity (Wildman–Crippen MR) is 86.4 cm³/mol. The fraction of sp³-hybridized carbons (Fsp3) is 0.167. The van der Waals surface area contributed by atoms with Crippen molar-refractivity contribution in [3.63, 3.8) is 0 Å². The summed E-state index contributed by atoms with van der Waals surface area (Å²) in [6.07, 6.45) is 0. The van der Waals surface area contributed by atoms with Crippen molar-refractivity contribution in [3.8, 4) is 11.5 Å². The van der Waals surface area contributed by atoms with Crippen LogP contribution in [-0.2, 0) is 0 Å². The van der Waals surface area contributed by atoms with Crippen molar-refractivity contribution in [2.24, 2.45) is 4.99 Å². The summed E-state index contributed by atoms with van der Waals surface area (Å²) in [5, 5.41) is 4.57. The quantitative estimate of drug-likeness (QED) is 0.647. The highest BCUT2D eigenvalue weighted by molar-refractivity contribution is 6.26. The fourth-order valence-electron chi connectivity index (χ4n) is 3.23. The molecule has 0 radical (unpaired) electrons. The third-order valence-corrected chi connectivity index (χ3v) is 4.14. The second-order valence-corrected chi connectivity index (χ2v) is 5.22. The van der Waals surface area contributed by atoms with Gasteiger partial charge in [-0.05, 0) is 29.8 Å². The van der Waals surface area contributed by atoms with Gasteiger partial charge in [-0.25, -0.2) is 0 Å².